The van der Waals surface area contributed by atoms with Crippen LogP contribution in [-0.2, 0) is 6.42 Å². The Labute approximate surface area is 158 Å². The number of hydrogen-bond acceptors (Lipinski definition) is 0. The molecule has 0 saturated heterocycles. The molecule has 0 amide bonds. The third-order valence-corrected chi connectivity index (χ3v) is 5.12. The van der Waals surface area contributed by atoms with Gasteiger partial charge in [-0.15, -0.1) is 0 Å². The van der Waals surface area contributed by atoms with Crippen LogP contribution in [-0.4, -0.2) is 0 Å². The van der Waals surface area contributed by atoms with Crippen molar-refractivity contribution in [3.8, 4) is 22.3 Å². The molecule has 0 unspecified atom stereocenters. The van der Waals surface area contributed by atoms with E-state index in [9.17, 15) is 0 Å². The molecule has 134 valence electrons. The summed E-state index contributed by atoms with van der Waals surface area (Å²) >= 11 is 0. The second-order valence-corrected chi connectivity index (χ2v) is 7.09. The van der Waals surface area contributed by atoms with E-state index in [0.29, 0.717) is 0 Å². The second-order valence-electron chi connectivity index (χ2n) is 7.09. The predicted octanol–water partition coefficient (Wildman–Crippen LogP) is 7.92. The Morgan fingerprint density at radius 2 is 1.08 bits per heavy atom. The molecule has 0 bridgehead atoms. The lowest BCUT2D eigenvalue weighted by molar-refractivity contribution is 0.608. The molecule has 0 N–H and O–H groups in total. The van der Waals surface area contributed by atoms with E-state index in [2.05, 4.69) is 85.8 Å². The molecule has 0 saturated carbocycles. The zero-order chi connectivity index (χ0) is 18.0. The summed E-state index contributed by atoms with van der Waals surface area (Å²) in [6, 6.07) is 28.5. The first kappa shape index (κ1) is 18.5. The largest absolute Gasteiger partial charge is 0.0654 e. The van der Waals surface area contributed by atoms with E-state index in [0.717, 1.165) is 0 Å². The highest BCUT2D eigenvalue weighted by Gasteiger charge is 2.10. The molecule has 0 heteroatoms. The molecule has 3 aromatic carbocycles. The van der Waals surface area contributed by atoms with E-state index in [1.165, 1.54) is 72.8 Å². The van der Waals surface area contributed by atoms with E-state index in [1.54, 1.807) is 0 Å². The lowest BCUT2D eigenvalue weighted by Crippen LogP contribution is -1.93. The molecule has 3 rings (SSSR count). The third kappa shape index (κ3) is 4.85. The van der Waals surface area contributed by atoms with E-state index in [1.807, 2.05) is 0 Å². The van der Waals surface area contributed by atoms with Gasteiger partial charge in [0.15, 0.2) is 0 Å². The highest BCUT2D eigenvalue weighted by Crippen LogP contribution is 2.34. The summed E-state index contributed by atoms with van der Waals surface area (Å²) in [5.74, 6) is 0. The third-order valence-electron chi connectivity index (χ3n) is 5.12. The molecular formula is C26H30. The van der Waals surface area contributed by atoms with Crippen molar-refractivity contribution in [1.29, 1.82) is 0 Å². The van der Waals surface area contributed by atoms with Gasteiger partial charge in [-0.1, -0.05) is 118 Å². The highest BCUT2D eigenvalue weighted by molar-refractivity contribution is 5.84. The van der Waals surface area contributed by atoms with Gasteiger partial charge in [-0.2, -0.15) is 0 Å². The van der Waals surface area contributed by atoms with Crippen LogP contribution in [0.4, 0.5) is 0 Å². The van der Waals surface area contributed by atoms with Gasteiger partial charge in [-0.3, -0.25) is 0 Å². The molecule has 0 radical (unpaired) electrons. The standard InChI is InChI=1S/C26H30/c1-2-3-4-5-6-8-15-23-18-11-12-19-24(23)26-21-14-13-20-25(26)22-16-9-7-10-17-22/h7,9-14,16-21H,2-6,8,15H2,1H3. The van der Waals surface area contributed by atoms with Crippen LogP contribution in [0.2, 0.25) is 0 Å². The molecule has 0 nitrogen and oxygen atoms in total. The zero-order valence-corrected chi connectivity index (χ0v) is 16.0. The fraction of sp³-hybridized carbons (Fsp3) is 0.308. The van der Waals surface area contributed by atoms with Gasteiger partial charge in [0.25, 0.3) is 0 Å². The van der Waals surface area contributed by atoms with E-state index in [-0.39, 0.29) is 0 Å². The number of aryl methyl sites for hydroxylation is 1. The van der Waals surface area contributed by atoms with Crippen LogP contribution in [0.25, 0.3) is 22.3 Å². The topological polar surface area (TPSA) is 0 Å². The van der Waals surface area contributed by atoms with Gasteiger partial charge in [0.2, 0.25) is 0 Å². The van der Waals surface area contributed by atoms with Crippen molar-refractivity contribution < 1.29 is 0 Å². The summed E-state index contributed by atoms with van der Waals surface area (Å²) in [6.07, 6.45) is 9.25. The Morgan fingerprint density at radius 3 is 1.85 bits per heavy atom. The van der Waals surface area contributed by atoms with Crippen molar-refractivity contribution in [3.63, 3.8) is 0 Å². The minimum absolute atomic E-state index is 1.17. The summed E-state index contributed by atoms with van der Waals surface area (Å²) < 4.78 is 0. The molecule has 3 aromatic rings. The van der Waals surface area contributed by atoms with Crippen molar-refractivity contribution in [2.45, 2.75) is 51.9 Å². The summed E-state index contributed by atoms with van der Waals surface area (Å²) in [6.45, 7) is 2.28. The van der Waals surface area contributed by atoms with Gasteiger partial charge >= 0.3 is 0 Å². The summed E-state index contributed by atoms with van der Waals surface area (Å²) in [5.41, 5.74) is 6.83. The fourth-order valence-corrected chi connectivity index (χ4v) is 3.68. The van der Waals surface area contributed by atoms with Crippen LogP contribution >= 0.6 is 0 Å². The first-order valence-electron chi connectivity index (χ1n) is 10.1. The average Bonchev–Trinajstić information content (AvgIpc) is 2.71. The molecule has 0 atom stereocenters. The van der Waals surface area contributed by atoms with Crippen LogP contribution in [0.5, 0.6) is 0 Å². The molecule has 0 aliphatic heterocycles. The Bertz CT molecular complexity index is 786. The van der Waals surface area contributed by atoms with Crippen LogP contribution in [0, 0.1) is 0 Å². The van der Waals surface area contributed by atoms with Crippen molar-refractivity contribution in [1.82, 2.24) is 0 Å². The Kier molecular flexibility index (Phi) is 7.07. The maximum Gasteiger partial charge on any atom is -0.0103 e. The molecule has 0 fully saturated rings. The fourth-order valence-electron chi connectivity index (χ4n) is 3.68. The van der Waals surface area contributed by atoms with Crippen molar-refractivity contribution in [2.75, 3.05) is 0 Å². The van der Waals surface area contributed by atoms with Crippen molar-refractivity contribution in [2.24, 2.45) is 0 Å². The van der Waals surface area contributed by atoms with Gasteiger partial charge in [0, 0.05) is 0 Å². The van der Waals surface area contributed by atoms with E-state index in [4.69, 9.17) is 0 Å². The van der Waals surface area contributed by atoms with Gasteiger partial charge in [-0.25, -0.2) is 0 Å². The molecule has 0 aromatic heterocycles. The molecular weight excluding hydrogens is 312 g/mol. The first-order chi connectivity index (χ1) is 12.9. The monoisotopic (exact) mass is 342 g/mol. The summed E-state index contributed by atoms with van der Waals surface area (Å²) in [5, 5.41) is 0. The van der Waals surface area contributed by atoms with Crippen LogP contribution < -0.4 is 0 Å². The lowest BCUT2D eigenvalue weighted by Gasteiger charge is -2.14. The molecule has 26 heavy (non-hydrogen) atoms. The number of unbranched alkanes of at least 4 members (excludes halogenated alkanes) is 5. The second kappa shape index (κ2) is 9.97. The smallest absolute Gasteiger partial charge is 0.0103 e. The average molecular weight is 343 g/mol. The quantitative estimate of drug-likeness (QED) is 0.346. The van der Waals surface area contributed by atoms with Crippen molar-refractivity contribution in [3.05, 3.63) is 84.4 Å². The maximum absolute atomic E-state index is 2.31. The SMILES string of the molecule is CCCCCCCCc1ccccc1-c1ccccc1-c1ccccc1. The number of benzene rings is 3. The zero-order valence-electron chi connectivity index (χ0n) is 16.0. The Balaban J connectivity index is 1.80. The minimum Gasteiger partial charge on any atom is -0.0654 e. The van der Waals surface area contributed by atoms with Gasteiger partial charge in [-0.05, 0) is 40.7 Å². The first-order valence-corrected chi connectivity index (χ1v) is 10.1. The minimum atomic E-state index is 1.17. The van der Waals surface area contributed by atoms with E-state index >= 15 is 0 Å². The normalized spacial score (nSPS) is 10.8. The Hall–Kier alpha value is -2.34. The highest BCUT2D eigenvalue weighted by atomic mass is 14.1. The lowest BCUT2D eigenvalue weighted by atomic mass is 9.90. The van der Waals surface area contributed by atoms with Gasteiger partial charge < -0.3 is 0 Å². The Morgan fingerprint density at radius 1 is 0.500 bits per heavy atom. The van der Waals surface area contributed by atoms with Gasteiger partial charge in [0.05, 0.1) is 0 Å². The molecule has 0 aliphatic rings. The van der Waals surface area contributed by atoms with Crippen molar-refractivity contribution >= 4 is 0 Å². The summed E-state index contributed by atoms with van der Waals surface area (Å²) in [4.78, 5) is 0. The molecule has 0 aliphatic carbocycles. The summed E-state index contributed by atoms with van der Waals surface area (Å²) in [7, 11) is 0. The number of hydrogen-bond donors (Lipinski definition) is 0. The van der Waals surface area contributed by atoms with Crippen LogP contribution in [0.1, 0.15) is 51.0 Å². The molecule has 0 heterocycles. The number of rotatable bonds is 9. The van der Waals surface area contributed by atoms with Crippen LogP contribution in [0.15, 0.2) is 78.9 Å². The van der Waals surface area contributed by atoms with E-state index < -0.39 is 0 Å². The predicted molar refractivity (Wildman–Crippen MR) is 114 cm³/mol. The van der Waals surface area contributed by atoms with Crippen LogP contribution in [0.3, 0.4) is 0 Å². The molecule has 0 spiro atoms. The van der Waals surface area contributed by atoms with Gasteiger partial charge in [0.1, 0.15) is 0 Å². The maximum atomic E-state index is 2.31.